The van der Waals surface area contributed by atoms with Gasteiger partial charge in [-0.15, -0.1) is 0 Å². The van der Waals surface area contributed by atoms with Crippen LogP contribution in [-0.4, -0.2) is 36.3 Å². The molecule has 2 heterocycles. The maximum absolute atomic E-state index is 12.7. The van der Waals surface area contributed by atoms with Crippen LogP contribution in [0.25, 0.3) is 0 Å². The summed E-state index contributed by atoms with van der Waals surface area (Å²) in [6, 6.07) is 13.5. The van der Waals surface area contributed by atoms with E-state index < -0.39 is 0 Å². The summed E-state index contributed by atoms with van der Waals surface area (Å²) in [7, 11) is 1.65. The molecule has 1 atom stereocenters. The van der Waals surface area contributed by atoms with Gasteiger partial charge in [0, 0.05) is 24.5 Å². The number of benzene rings is 2. The highest BCUT2D eigenvalue weighted by Gasteiger charge is 2.36. The van der Waals surface area contributed by atoms with Crippen molar-refractivity contribution in [3.05, 3.63) is 58.6 Å². The number of carbonyl (C=O) groups excluding carboxylic acids is 1. The van der Waals surface area contributed by atoms with E-state index in [1.165, 1.54) is 5.56 Å². The number of nitrogens with one attached hydrogen (secondary N) is 1. The highest BCUT2D eigenvalue weighted by molar-refractivity contribution is 6.30. The number of rotatable bonds is 5. The summed E-state index contributed by atoms with van der Waals surface area (Å²) >= 11 is 6.11. The molecule has 0 radical (unpaired) electrons. The Labute approximate surface area is 164 Å². The second-order valence-corrected chi connectivity index (χ2v) is 7.31. The Morgan fingerprint density at radius 3 is 2.89 bits per heavy atom. The number of hydrogen-bond donors (Lipinski definition) is 1. The maximum Gasteiger partial charge on any atom is 0.242 e. The lowest BCUT2D eigenvalue weighted by Gasteiger charge is -2.30. The minimum absolute atomic E-state index is 0.0687. The molecular weight excluding hydrogens is 362 g/mol. The number of amidine groups is 1. The van der Waals surface area contributed by atoms with Gasteiger partial charge in [0.1, 0.15) is 17.6 Å². The molecule has 6 heteroatoms. The van der Waals surface area contributed by atoms with E-state index >= 15 is 0 Å². The van der Waals surface area contributed by atoms with E-state index in [0.717, 1.165) is 42.1 Å². The predicted molar refractivity (Wildman–Crippen MR) is 107 cm³/mol. The molecule has 0 aromatic heterocycles. The van der Waals surface area contributed by atoms with Gasteiger partial charge in [-0.2, -0.15) is 0 Å². The first kappa shape index (κ1) is 17.9. The third kappa shape index (κ3) is 3.78. The first-order valence-electron chi connectivity index (χ1n) is 9.17. The number of carbonyl (C=O) groups is 1. The van der Waals surface area contributed by atoms with Crippen molar-refractivity contribution in [3.8, 4) is 5.75 Å². The highest BCUT2D eigenvalue weighted by atomic mass is 35.5. The molecule has 27 heavy (non-hydrogen) atoms. The van der Waals surface area contributed by atoms with Gasteiger partial charge in [-0.1, -0.05) is 23.7 Å². The van der Waals surface area contributed by atoms with E-state index in [1.54, 1.807) is 7.11 Å². The van der Waals surface area contributed by atoms with Gasteiger partial charge >= 0.3 is 0 Å². The van der Waals surface area contributed by atoms with Crippen LogP contribution in [0.3, 0.4) is 0 Å². The SMILES string of the molecule is COc1ccc(CCNC(=O)[C@@H]2CCC3=Nc4ccc(Cl)cc4CN32)cc1. The number of amides is 1. The first-order valence-corrected chi connectivity index (χ1v) is 9.55. The fourth-order valence-electron chi connectivity index (χ4n) is 3.69. The number of fused-ring (bicyclic) bond motifs is 2. The molecule has 1 amide bonds. The molecule has 2 aliphatic heterocycles. The van der Waals surface area contributed by atoms with Crippen LogP contribution in [0, 0.1) is 0 Å². The largest absolute Gasteiger partial charge is 0.497 e. The van der Waals surface area contributed by atoms with Gasteiger partial charge in [-0.25, -0.2) is 4.99 Å². The zero-order valence-electron chi connectivity index (χ0n) is 15.2. The quantitative estimate of drug-likeness (QED) is 0.856. The van der Waals surface area contributed by atoms with E-state index in [-0.39, 0.29) is 11.9 Å². The predicted octanol–water partition coefficient (Wildman–Crippen LogP) is 3.72. The van der Waals surface area contributed by atoms with Crippen LogP contribution >= 0.6 is 11.6 Å². The summed E-state index contributed by atoms with van der Waals surface area (Å²) in [5.74, 6) is 1.91. The molecule has 2 aliphatic rings. The van der Waals surface area contributed by atoms with Crippen molar-refractivity contribution in [2.45, 2.75) is 31.8 Å². The minimum atomic E-state index is -0.160. The summed E-state index contributed by atoms with van der Waals surface area (Å²) in [6.07, 6.45) is 2.43. The fraction of sp³-hybridized carbons (Fsp3) is 0.333. The van der Waals surface area contributed by atoms with E-state index in [9.17, 15) is 4.79 Å². The van der Waals surface area contributed by atoms with Gasteiger partial charge < -0.3 is 15.0 Å². The van der Waals surface area contributed by atoms with E-state index in [0.29, 0.717) is 18.1 Å². The lowest BCUT2D eigenvalue weighted by molar-refractivity contribution is -0.124. The van der Waals surface area contributed by atoms with Crippen molar-refractivity contribution < 1.29 is 9.53 Å². The van der Waals surface area contributed by atoms with Gasteiger partial charge in [-0.05, 0) is 54.3 Å². The van der Waals surface area contributed by atoms with Crippen LogP contribution in [0.4, 0.5) is 5.69 Å². The number of hydrogen-bond acceptors (Lipinski definition) is 4. The molecular formula is C21H22ClN3O2. The zero-order chi connectivity index (χ0) is 18.8. The Kier molecular flexibility index (Phi) is 5.03. The number of methoxy groups -OCH3 is 1. The van der Waals surface area contributed by atoms with Crippen molar-refractivity contribution in [2.24, 2.45) is 4.99 Å². The second kappa shape index (κ2) is 7.61. The monoisotopic (exact) mass is 383 g/mol. The third-order valence-electron chi connectivity index (χ3n) is 5.16. The topological polar surface area (TPSA) is 53.9 Å². The zero-order valence-corrected chi connectivity index (χ0v) is 16.0. The molecule has 2 aromatic carbocycles. The van der Waals surface area contributed by atoms with Gasteiger partial charge in [0.25, 0.3) is 0 Å². The number of ether oxygens (including phenoxy) is 1. The summed E-state index contributed by atoms with van der Waals surface area (Å²) in [6.45, 7) is 1.30. The van der Waals surface area contributed by atoms with Crippen LogP contribution in [0.2, 0.25) is 5.02 Å². The minimum Gasteiger partial charge on any atom is -0.497 e. The third-order valence-corrected chi connectivity index (χ3v) is 5.39. The average molecular weight is 384 g/mol. The van der Waals surface area contributed by atoms with Crippen LogP contribution in [0.1, 0.15) is 24.0 Å². The molecule has 0 saturated carbocycles. The van der Waals surface area contributed by atoms with Crippen LogP contribution in [0.5, 0.6) is 5.75 Å². The van der Waals surface area contributed by atoms with Crippen molar-refractivity contribution in [3.63, 3.8) is 0 Å². The summed E-state index contributed by atoms with van der Waals surface area (Å²) in [4.78, 5) is 19.5. The normalized spacial score (nSPS) is 17.8. The van der Waals surface area contributed by atoms with E-state index in [1.807, 2.05) is 42.5 Å². The molecule has 140 valence electrons. The Hall–Kier alpha value is -2.53. The van der Waals surface area contributed by atoms with Crippen molar-refractivity contribution in [2.75, 3.05) is 13.7 Å². The molecule has 0 aliphatic carbocycles. The lowest BCUT2D eigenvalue weighted by Crippen LogP contribution is -2.45. The van der Waals surface area contributed by atoms with Crippen LogP contribution in [-0.2, 0) is 17.8 Å². The second-order valence-electron chi connectivity index (χ2n) is 6.87. The van der Waals surface area contributed by atoms with Gasteiger partial charge in [0.05, 0.1) is 12.8 Å². The van der Waals surface area contributed by atoms with E-state index in [2.05, 4.69) is 10.2 Å². The number of aliphatic imine (C=N–C) groups is 1. The molecule has 5 nitrogen and oxygen atoms in total. The Balaban J connectivity index is 1.36. The molecule has 2 aromatic rings. The molecule has 1 saturated heterocycles. The fourth-order valence-corrected chi connectivity index (χ4v) is 3.89. The van der Waals surface area contributed by atoms with Crippen LogP contribution in [0.15, 0.2) is 47.5 Å². The average Bonchev–Trinajstić information content (AvgIpc) is 3.09. The van der Waals surface area contributed by atoms with Crippen molar-refractivity contribution >= 4 is 29.0 Å². The van der Waals surface area contributed by atoms with Gasteiger partial charge in [0.2, 0.25) is 5.91 Å². The Morgan fingerprint density at radius 1 is 1.30 bits per heavy atom. The number of halogens is 1. The standard InChI is InChI=1S/C21H22ClN3O2/c1-27-17-5-2-14(3-6-17)10-11-23-21(26)19-8-9-20-24-18-7-4-16(22)12-15(18)13-25(19)20/h2-7,12,19H,8-11,13H2,1H3,(H,23,26)/t19-/m0/s1. The van der Waals surface area contributed by atoms with E-state index in [4.69, 9.17) is 21.3 Å². The highest BCUT2D eigenvalue weighted by Crippen LogP contribution is 2.34. The van der Waals surface area contributed by atoms with Crippen molar-refractivity contribution in [1.29, 1.82) is 0 Å². The Bertz CT molecular complexity index is 879. The Morgan fingerprint density at radius 2 is 2.11 bits per heavy atom. The van der Waals surface area contributed by atoms with Gasteiger partial charge in [-0.3, -0.25) is 4.79 Å². The molecule has 0 unspecified atom stereocenters. The smallest absolute Gasteiger partial charge is 0.242 e. The lowest BCUT2D eigenvalue weighted by atomic mass is 10.1. The van der Waals surface area contributed by atoms with Crippen LogP contribution < -0.4 is 10.1 Å². The molecule has 0 bridgehead atoms. The molecule has 0 spiro atoms. The molecule has 4 rings (SSSR count). The number of nitrogens with zero attached hydrogens (tertiary/aromatic N) is 2. The summed E-state index contributed by atoms with van der Waals surface area (Å²) < 4.78 is 5.17. The molecule has 1 fully saturated rings. The summed E-state index contributed by atoms with van der Waals surface area (Å²) in [5.41, 5.74) is 3.21. The summed E-state index contributed by atoms with van der Waals surface area (Å²) in [5, 5.41) is 3.78. The van der Waals surface area contributed by atoms with Gasteiger partial charge in [0.15, 0.2) is 0 Å². The van der Waals surface area contributed by atoms with Crippen molar-refractivity contribution in [1.82, 2.24) is 10.2 Å². The first-order chi connectivity index (χ1) is 13.1. The molecule has 1 N–H and O–H groups in total. The maximum atomic E-state index is 12.7.